The molecule has 1 aromatic rings. The Morgan fingerprint density at radius 3 is 2.19 bits per heavy atom. The molecule has 8 nitrogen and oxygen atoms in total. The van der Waals surface area contributed by atoms with Crippen LogP contribution in [0.1, 0.15) is 12.6 Å². The van der Waals surface area contributed by atoms with Crippen LogP contribution in [0.2, 0.25) is 0 Å². The summed E-state index contributed by atoms with van der Waals surface area (Å²) in [5.41, 5.74) is 7.47. The van der Waals surface area contributed by atoms with E-state index >= 15 is 0 Å². The highest BCUT2D eigenvalue weighted by Crippen LogP contribution is 2.01. The first-order valence-electron chi connectivity index (χ1n) is 6.05. The molecular formula is C11H18N8S2. The van der Waals surface area contributed by atoms with Crippen molar-refractivity contribution in [2.45, 2.75) is 6.92 Å². The number of aryl methyl sites for hydroxylation is 1. The number of thiocarbonyl (C=S) groups is 2. The van der Waals surface area contributed by atoms with E-state index in [1.165, 1.54) is 0 Å². The molecule has 0 aliphatic rings. The van der Waals surface area contributed by atoms with Crippen LogP contribution in [-0.4, -0.2) is 45.5 Å². The van der Waals surface area contributed by atoms with Gasteiger partial charge in [0.15, 0.2) is 10.2 Å². The van der Waals surface area contributed by atoms with Crippen LogP contribution >= 0.6 is 24.4 Å². The van der Waals surface area contributed by atoms with Crippen molar-refractivity contribution in [3.63, 3.8) is 0 Å². The Bertz CT molecular complexity index is 575. The minimum absolute atomic E-state index is 0.404. The van der Waals surface area contributed by atoms with Crippen molar-refractivity contribution in [1.82, 2.24) is 31.3 Å². The molecule has 114 valence electrons. The summed E-state index contributed by atoms with van der Waals surface area (Å²) in [6.07, 6.45) is 1.68. The topological polar surface area (TPSA) is 90.7 Å². The first kappa shape index (κ1) is 17.0. The maximum absolute atomic E-state index is 5.01. The fraction of sp³-hybridized carbons (Fsp3) is 0.364. The third-order valence-electron chi connectivity index (χ3n) is 2.45. The molecule has 0 radical (unpaired) electrons. The minimum Gasteiger partial charge on any atom is -0.364 e. The minimum atomic E-state index is 0.404. The van der Waals surface area contributed by atoms with Gasteiger partial charge in [-0.1, -0.05) is 0 Å². The van der Waals surface area contributed by atoms with E-state index in [1.54, 1.807) is 31.9 Å². The van der Waals surface area contributed by atoms with Gasteiger partial charge in [-0.3, -0.25) is 15.5 Å². The first-order chi connectivity index (χ1) is 9.99. The summed E-state index contributed by atoms with van der Waals surface area (Å²) in [6, 6.07) is 1.83. The van der Waals surface area contributed by atoms with E-state index in [4.69, 9.17) is 24.4 Å². The smallest absolute Gasteiger partial charge is 0.186 e. The summed E-state index contributed by atoms with van der Waals surface area (Å²) < 4.78 is 1.69. The lowest BCUT2D eigenvalue weighted by atomic mass is 10.2. The van der Waals surface area contributed by atoms with E-state index in [0.29, 0.717) is 21.6 Å². The largest absolute Gasteiger partial charge is 0.364 e. The van der Waals surface area contributed by atoms with E-state index in [9.17, 15) is 0 Å². The molecule has 1 aromatic heterocycles. The molecule has 0 amide bonds. The van der Waals surface area contributed by atoms with E-state index < -0.39 is 0 Å². The molecule has 0 aromatic carbocycles. The second-order valence-electron chi connectivity index (χ2n) is 3.88. The van der Waals surface area contributed by atoms with Crippen molar-refractivity contribution < 1.29 is 0 Å². The maximum atomic E-state index is 5.01. The quantitative estimate of drug-likeness (QED) is 0.343. The maximum Gasteiger partial charge on any atom is 0.186 e. The predicted octanol–water partition coefficient (Wildman–Crippen LogP) is -0.312. The highest BCUT2D eigenvalue weighted by Gasteiger charge is 2.12. The predicted molar refractivity (Wildman–Crippen MR) is 92.4 cm³/mol. The van der Waals surface area contributed by atoms with Gasteiger partial charge in [-0.2, -0.15) is 15.3 Å². The number of rotatable bonds is 4. The number of nitrogens with zero attached hydrogens (tertiary/aromatic N) is 4. The van der Waals surface area contributed by atoms with Gasteiger partial charge in [0, 0.05) is 27.3 Å². The van der Waals surface area contributed by atoms with Gasteiger partial charge >= 0.3 is 0 Å². The van der Waals surface area contributed by atoms with Crippen LogP contribution in [-0.2, 0) is 7.05 Å². The average Bonchev–Trinajstić information content (AvgIpc) is 2.90. The molecule has 1 heterocycles. The highest BCUT2D eigenvalue weighted by atomic mass is 32.1. The van der Waals surface area contributed by atoms with Gasteiger partial charge in [-0.25, -0.2) is 0 Å². The van der Waals surface area contributed by atoms with E-state index in [0.717, 1.165) is 5.69 Å². The van der Waals surface area contributed by atoms with Crippen LogP contribution in [0.5, 0.6) is 0 Å². The van der Waals surface area contributed by atoms with Gasteiger partial charge in [0.2, 0.25) is 0 Å². The van der Waals surface area contributed by atoms with Crippen LogP contribution in [0.4, 0.5) is 0 Å². The standard InChI is InChI=1S/C11H18N8S2/c1-7(15-17-10(20)12-2)9(16-18-11(21)13-3)8-5-6-14-19(8)4/h5-6H,1-4H3,(H2,12,17,20)(H2,13,18,21)/b15-7+,16-9-. The second-order valence-corrected chi connectivity index (χ2v) is 4.70. The molecule has 0 spiro atoms. The lowest BCUT2D eigenvalue weighted by molar-refractivity contribution is 0.759. The number of hydrazone groups is 2. The Hall–Kier alpha value is -2.07. The molecule has 0 bridgehead atoms. The Morgan fingerprint density at radius 1 is 1.14 bits per heavy atom. The summed E-state index contributed by atoms with van der Waals surface area (Å²) in [6.45, 7) is 1.81. The van der Waals surface area contributed by atoms with E-state index in [2.05, 4.69) is 36.8 Å². The van der Waals surface area contributed by atoms with Crippen molar-refractivity contribution in [1.29, 1.82) is 0 Å². The van der Waals surface area contributed by atoms with Crippen LogP contribution in [0, 0.1) is 0 Å². The molecule has 4 N–H and O–H groups in total. The first-order valence-corrected chi connectivity index (χ1v) is 6.87. The Morgan fingerprint density at radius 2 is 1.71 bits per heavy atom. The Labute approximate surface area is 134 Å². The summed E-state index contributed by atoms with van der Waals surface area (Å²) in [7, 11) is 5.24. The number of aromatic nitrogens is 2. The lowest BCUT2D eigenvalue weighted by Crippen LogP contribution is -2.33. The summed E-state index contributed by atoms with van der Waals surface area (Å²) in [5, 5.41) is 19.0. The zero-order chi connectivity index (χ0) is 15.8. The van der Waals surface area contributed by atoms with Gasteiger partial charge in [0.05, 0.1) is 11.4 Å². The molecule has 0 fully saturated rings. The monoisotopic (exact) mass is 326 g/mol. The van der Waals surface area contributed by atoms with Gasteiger partial charge in [-0.05, 0) is 37.4 Å². The van der Waals surface area contributed by atoms with Crippen molar-refractivity contribution in [3.8, 4) is 0 Å². The summed E-state index contributed by atoms with van der Waals surface area (Å²) in [4.78, 5) is 0. The van der Waals surface area contributed by atoms with Gasteiger partial charge < -0.3 is 10.6 Å². The van der Waals surface area contributed by atoms with Crippen molar-refractivity contribution in [3.05, 3.63) is 18.0 Å². The van der Waals surface area contributed by atoms with Crippen LogP contribution < -0.4 is 21.5 Å². The molecule has 0 atom stereocenters. The number of nitrogens with one attached hydrogen (secondary N) is 4. The zero-order valence-corrected chi connectivity index (χ0v) is 13.9. The third kappa shape index (κ3) is 5.08. The lowest BCUT2D eigenvalue weighted by Gasteiger charge is -2.09. The van der Waals surface area contributed by atoms with Gasteiger partial charge in [0.25, 0.3) is 0 Å². The second kappa shape index (κ2) is 8.27. The van der Waals surface area contributed by atoms with Gasteiger partial charge in [0.1, 0.15) is 5.71 Å². The fourth-order valence-electron chi connectivity index (χ4n) is 1.34. The normalized spacial score (nSPS) is 11.8. The molecule has 0 aliphatic heterocycles. The number of hydrogen-bond donors (Lipinski definition) is 4. The molecule has 1 rings (SSSR count). The summed E-state index contributed by atoms with van der Waals surface area (Å²) >= 11 is 9.99. The molecule has 0 saturated carbocycles. The van der Waals surface area contributed by atoms with E-state index in [-0.39, 0.29) is 0 Å². The van der Waals surface area contributed by atoms with Crippen molar-refractivity contribution in [2.75, 3.05) is 14.1 Å². The fourth-order valence-corrected chi connectivity index (χ4v) is 1.43. The molecule has 0 saturated heterocycles. The Balaban J connectivity index is 3.05. The molecule has 10 heteroatoms. The van der Waals surface area contributed by atoms with Crippen molar-refractivity contribution >= 4 is 46.1 Å². The zero-order valence-electron chi connectivity index (χ0n) is 12.3. The van der Waals surface area contributed by atoms with E-state index in [1.807, 2.05) is 13.1 Å². The van der Waals surface area contributed by atoms with Crippen LogP contribution in [0.25, 0.3) is 0 Å². The molecule has 0 aliphatic carbocycles. The Kier molecular flexibility index (Phi) is 6.69. The highest BCUT2D eigenvalue weighted by molar-refractivity contribution is 7.80. The molecule has 21 heavy (non-hydrogen) atoms. The SMILES string of the molecule is CNC(=S)N/N=C(C)/C(=N/NC(=S)NC)c1ccnn1C. The number of hydrogen-bond acceptors (Lipinski definition) is 5. The molecular weight excluding hydrogens is 308 g/mol. The summed E-state index contributed by atoms with van der Waals surface area (Å²) in [5.74, 6) is 0. The van der Waals surface area contributed by atoms with Crippen LogP contribution in [0.15, 0.2) is 22.5 Å². The van der Waals surface area contributed by atoms with Gasteiger partial charge in [-0.15, -0.1) is 0 Å². The average molecular weight is 326 g/mol. The van der Waals surface area contributed by atoms with Crippen LogP contribution in [0.3, 0.4) is 0 Å². The molecule has 0 unspecified atom stereocenters. The van der Waals surface area contributed by atoms with Crippen molar-refractivity contribution in [2.24, 2.45) is 17.3 Å². The third-order valence-corrected chi connectivity index (χ3v) is 3.05.